The molecule has 3 aromatic rings. The van der Waals surface area contributed by atoms with Crippen molar-refractivity contribution in [3.8, 4) is 11.4 Å². The van der Waals surface area contributed by atoms with E-state index in [-0.39, 0.29) is 5.91 Å². The first kappa shape index (κ1) is 18.6. The molecule has 4 rings (SSSR count). The maximum atomic E-state index is 12.9. The molecule has 0 bridgehead atoms. The lowest BCUT2D eigenvalue weighted by Gasteiger charge is -2.21. The van der Waals surface area contributed by atoms with Gasteiger partial charge in [0.15, 0.2) is 5.82 Å². The number of aromatic nitrogens is 4. The van der Waals surface area contributed by atoms with Crippen LogP contribution in [0.4, 0.5) is 0 Å². The van der Waals surface area contributed by atoms with Gasteiger partial charge < -0.3 is 4.90 Å². The third kappa shape index (κ3) is 3.51. The van der Waals surface area contributed by atoms with Gasteiger partial charge >= 0.3 is 0 Å². The van der Waals surface area contributed by atoms with Crippen LogP contribution in [0.5, 0.6) is 0 Å². The molecule has 0 saturated carbocycles. The summed E-state index contributed by atoms with van der Waals surface area (Å²) in [6.45, 7) is 7.75. The molecule has 0 aliphatic carbocycles. The number of amides is 1. The van der Waals surface area contributed by atoms with Gasteiger partial charge in [-0.1, -0.05) is 37.1 Å². The number of carbonyl (C=O) groups is 1. The quantitative estimate of drug-likeness (QED) is 0.699. The summed E-state index contributed by atoms with van der Waals surface area (Å²) < 4.78 is 1.78. The first-order valence-electron chi connectivity index (χ1n) is 10.1. The molecule has 6 nitrogen and oxygen atoms in total. The standard InChI is InChI=1S/C22H27N5O/c1-15-10-6-7-11-18(15)21-24-22-23-16(2)19(17(3)27(22)25-21)14-20(28)26-12-8-4-5-9-13-26/h6-7,10-11H,4-5,8-9,12-14H2,1-3H3. The fourth-order valence-electron chi connectivity index (χ4n) is 3.99. The zero-order valence-electron chi connectivity index (χ0n) is 16.9. The van der Waals surface area contributed by atoms with E-state index in [1.807, 2.05) is 36.9 Å². The van der Waals surface area contributed by atoms with Crippen molar-refractivity contribution in [2.75, 3.05) is 13.1 Å². The van der Waals surface area contributed by atoms with E-state index in [1.54, 1.807) is 4.52 Å². The van der Waals surface area contributed by atoms with Crippen molar-refractivity contribution in [1.82, 2.24) is 24.5 Å². The Balaban J connectivity index is 1.68. The highest BCUT2D eigenvalue weighted by Crippen LogP contribution is 2.22. The minimum atomic E-state index is 0.188. The summed E-state index contributed by atoms with van der Waals surface area (Å²) in [7, 11) is 0. The molecule has 0 spiro atoms. The third-order valence-electron chi connectivity index (χ3n) is 5.72. The monoisotopic (exact) mass is 377 g/mol. The van der Waals surface area contributed by atoms with E-state index in [9.17, 15) is 4.79 Å². The second-order valence-electron chi connectivity index (χ2n) is 7.70. The Kier molecular flexibility index (Phi) is 5.11. The van der Waals surface area contributed by atoms with Crippen molar-refractivity contribution in [3.05, 3.63) is 46.8 Å². The number of hydrogen-bond donors (Lipinski definition) is 0. The molecule has 6 heteroatoms. The van der Waals surface area contributed by atoms with Gasteiger partial charge in [0.1, 0.15) is 0 Å². The summed E-state index contributed by atoms with van der Waals surface area (Å²) in [6, 6.07) is 8.08. The summed E-state index contributed by atoms with van der Waals surface area (Å²) in [4.78, 5) is 24.2. The highest BCUT2D eigenvalue weighted by Gasteiger charge is 2.21. The van der Waals surface area contributed by atoms with E-state index in [0.29, 0.717) is 18.0 Å². The first-order valence-corrected chi connectivity index (χ1v) is 10.1. The van der Waals surface area contributed by atoms with Gasteiger partial charge in [-0.15, -0.1) is 5.10 Å². The molecule has 1 amide bonds. The van der Waals surface area contributed by atoms with Gasteiger partial charge in [-0.25, -0.2) is 9.50 Å². The molecule has 1 aliphatic heterocycles. The van der Waals surface area contributed by atoms with Gasteiger partial charge in [0.25, 0.3) is 5.78 Å². The summed E-state index contributed by atoms with van der Waals surface area (Å²) in [5.41, 5.74) is 4.90. The predicted octanol–water partition coefficient (Wildman–Crippen LogP) is 3.66. The van der Waals surface area contributed by atoms with E-state index in [0.717, 1.165) is 54.0 Å². The van der Waals surface area contributed by atoms with E-state index < -0.39 is 0 Å². The van der Waals surface area contributed by atoms with Crippen LogP contribution in [0.25, 0.3) is 17.2 Å². The van der Waals surface area contributed by atoms with Crippen molar-refractivity contribution in [2.45, 2.75) is 52.9 Å². The zero-order chi connectivity index (χ0) is 19.7. The Hall–Kier alpha value is -2.76. The molecule has 1 aromatic carbocycles. The minimum absolute atomic E-state index is 0.188. The lowest BCUT2D eigenvalue weighted by atomic mass is 10.1. The van der Waals surface area contributed by atoms with Crippen LogP contribution in [0, 0.1) is 20.8 Å². The fraction of sp³-hybridized carbons (Fsp3) is 0.455. The fourth-order valence-corrected chi connectivity index (χ4v) is 3.99. The number of carbonyl (C=O) groups excluding carboxylic acids is 1. The molecule has 1 aliphatic rings. The van der Waals surface area contributed by atoms with Gasteiger partial charge in [0, 0.05) is 35.6 Å². The van der Waals surface area contributed by atoms with Crippen LogP contribution >= 0.6 is 0 Å². The molecule has 0 unspecified atom stereocenters. The third-order valence-corrected chi connectivity index (χ3v) is 5.72. The molecule has 3 heterocycles. The maximum Gasteiger partial charge on any atom is 0.253 e. The summed E-state index contributed by atoms with van der Waals surface area (Å²) in [6.07, 6.45) is 5.01. The lowest BCUT2D eigenvalue weighted by molar-refractivity contribution is -0.130. The number of nitrogens with zero attached hydrogens (tertiary/aromatic N) is 5. The second-order valence-corrected chi connectivity index (χ2v) is 7.70. The van der Waals surface area contributed by atoms with Crippen molar-refractivity contribution in [2.24, 2.45) is 0 Å². The van der Waals surface area contributed by atoms with Crippen LogP contribution in [-0.4, -0.2) is 43.5 Å². The maximum absolute atomic E-state index is 12.9. The average Bonchev–Trinajstić information content (AvgIpc) is 2.91. The molecule has 1 fully saturated rings. The van der Waals surface area contributed by atoms with E-state index in [4.69, 9.17) is 5.10 Å². The SMILES string of the molecule is Cc1ccccc1-c1nc2nc(C)c(CC(=O)N3CCCCCC3)c(C)n2n1. The van der Waals surface area contributed by atoms with E-state index in [1.165, 1.54) is 12.8 Å². The van der Waals surface area contributed by atoms with Gasteiger partial charge in [0.05, 0.1) is 6.42 Å². The number of rotatable bonds is 3. The molecule has 0 N–H and O–H groups in total. The first-order chi connectivity index (χ1) is 13.5. The highest BCUT2D eigenvalue weighted by molar-refractivity contribution is 5.79. The molecule has 0 atom stereocenters. The van der Waals surface area contributed by atoms with Crippen molar-refractivity contribution in [1.29, 1.82) is 0 Å². The molecule has 2 aromatic heterocycles. The Morgan fingerprint density at radius 1 is 1.00 bits per heavy atom. The summed E-state index contributed by atoms with van der Waals surface area (Å²) in [5, 5.41) is 4.70. The van der Waals surface area contributed by atoms with E-state index in [2.05, 4.69) is 23.0 Å². The van der Waals surface area contributed by atoms with Crippen LogP contribution in [-0.2, 0) is 11.2 Å². The van der Waals surface area contributed by atoms with Gasteiger partial charge in [0.2, 0.25) is 5.91 Å². The molecule has 0 radical (unpaired) electrons. The number of hydrogen-bond acceptors (Lipinski definition) is 4. The van der Waals surface area contributed by atoms with Crippen molar-refractivity contribution >= 4 is 11.7 Å². The summed E-state index contributed by atoms with van der Waals surface area (Å²) in [5.74, 6) is 1.44. The number of fused-ring (bicyclic) bond motifs is 1. The van der Waals surface area contributed by atoms with Crippen molar-refractivity contribution in [3.63, 3.8) is 0 Å². The minimum Gasteiger partial charge on any atom is -0.342 e. The number of likely N-dealkylation sites (tertiary alicyclic amines) is 1. The topological polar surface area (TPSA) is 63.4 Å². The molecule has 146 valence electrons. The Labute approximate surface area is 165 Å². The van der Waals surface area contributed by atoms with Crippen LogP contribution in [0.1, 0.15) is 48.2 Å². The Bertz CT molecular complexity index is 1020. The Morgan fingerprint density at radius 3 is 2.43 bits per heavy atom. The molecule has 28 heavy (non-hydrogen) atoms. The Morgan fingerprint density at radius 2 is 1.71 bits per heavy atom. The van der Waals surface area contributed by atoms with Crippen LogP contribution in [0.2, 0.25) is 0 Å². The molecule has 1 saturated heterocycles. The number of aryl methyl sites for hydroxylation is 3. The largest absolute Gasteiger partial charge is 0.342 e. The van der Waals surface area contributed by atoms with Gasteiger partial charge in [-0.2, -0.15) is 4.98 Å². The smallest absolute Gasteiger partial charge is 0.253 e. The van der Waals surface area contributed by atoms with Crippen LogP contribution in [0.3, 0.4) is 0 Å². The van der Waals surface area contributed by atoms with Crippen LogP contribution in [0.15, 0.2) is 24.3 Å². The normalized spacial score (nSPS) is 15.0. The molecular weight excluding hydrogens is 350 g/mol. The molecular formula is C22H27N5O. The van der Waals surface area contributed by atoms with Gasteiger partial charge in [-0.3, -0.25) is 4.79 Å². The number of benzene rings is 1. The average molecular weight is 377 g/mol. The highest BCUT2D eigenvalue weighted by atomic mass is 16.2. The van der Waals surface area contributed by atoms with E-state index >= 15 is 0 Å². The van der Waals surface area contributed by atoms with Gasteiger partial charge in [-0.05, 0) is 39.2 Å². The lowest BCUT2D eigenvalue weighted by Crippen LogP contribution is -2.33. The zero-order valence-corrected chi connectivity index (χ0v) is 16.9. The summed E-state index contributed by atoms with van der Waals surface area (Å²) >= 11 is 0. The predicted molar refractivity (Wildman–Crippen MR) is 109 cm³/mol. The van der Waals surface area contributed by atoms with Crippen molar-refractivity contribution < 1.29 is 4.79 Å². The second kappa shape index (κ2) is 7.70. The van der Waals surface area contributed by atoms with Crippen LogP contribution < -0.4 is 0 Å².